The summed E-state index contributed by atoms with van der Waals surface area (Å²) >= 11 is 0. The second-order valence-corrected chi connectivity index (χ2v) is 6.17. The van der Waals surface area contributed by atoms with Crippen molar-refractivity contribution in [2.45, 2.75) is 33.0 Å². The molecule has 0 aliphatic carbocycles. The molecule has 0 saturated heterocycles. The summed E-state index contributed by atoms with van der Waals surface area (Å²) in [7, 11) is 0. The van der Waals surface area contributed by atoms with E-state index in [2.05, 4.69) is 15.2 Å². The average Bonchev–Trinajstić information content (AvgIpc) is 3.02. The van der Waals surface area contributed by atoms with Crippen LogP contribution in [0.5, 0.6) is 5.75 Å². The molecule has 2 aromatic carbocycles. The van der Waals surface area contributed by atoms with Crippen molar-refractivity contribution in [1.29, 1.82) is 0 Å². The first-order chi connectivity index (χ1) is 13.0. The van der Waals surface area contributed by atoms with Gasteiger partial charge in [0.15, 0.2) is 0 Å². The zero-order valence-corrected chi connectivity index (χ0v) is 15.0. The third-order valence-corrected chi connectivity index (χ3v) is 4.35. The highest BCUT2D eigenvalue weighted by Crippen LogP contribution is 2.23. The number of nitrogens with zero attached hydrogens (tertiary/aromatic N) is 2. The minimum Gasteiger partial charge on any atom is -0.434 e. The molecule has 7 heteroatoms. The van der Waals surface area contributed by atoms with Gasteiger partial charge in [-0.25, -0.2) is 9.07 Å². The maximum atomic E-state index is 13.5. The lowest BCUT2D eigenvalue weighted by Gasteiger charge is -2.16. The van der Waals surface area contributed by atoms with E-state index in [0.717, 1.165) is 11.3 Å². The Hall–Kier alpha value is -2.80. The molecule has 0 unspecified atom stereocenters. The van der Waals surface area contributed by atoms with Crippen LogP contribution in [0.4, 0.5) is 13.2 Å². The Morgan fingerprint density at radius 2 is 1.93 bits per heavy atom. The first-order valence-electron chi connectivity index (χ1n) is 8.52. The predicted molar refractivity (Wildman–Crippen MR) is 96.6 cm³/mol. The number of hydrogen-bond donors (Lipinski definition) is 1. The van der Waals surface area contributed by atoms with Crippen LogP contribution in [-0.4, -0.2) is 16.4 Å². The van der Waals surface area contributed by atoms with Gasteiger partial charge in [-0.1, -0.05) is 24.3 Å². The summed E-state index contributed by atoms with van der Waals surface area (Å²) in [4.78, 5) is 0. The lowest BCUT2D eigenvalue weighted by molar-refractivity contribution is -0.0505. The van der Waals surface area contributed by atoms with E-state index in [1.165, 1.54) is 18.2 Å². The molecule has 0 aliphatic rings. The zero-order chi connectivity index (χ0) is 19.4. The number of ether oxygens (including phenoxy) is 1. The van der Waals surface area contributed by atoms with E-state index in [4.69, 9.17) is 0 Å². The molecule has 0 saturated carbocycles. The van der Waals surface area contributed by atoms with Crippen LogP contribution in [0.15, 0.2) is 54.7 Å². The summed E-state index contributed by atoms with van der Waals surface area (Å²) in [6.45, 7) is 1.35. The fraction of sp³-hybridized carbons (Fsp3) is 0.250. The number of aromatic nitrogens is 2. The first kappa shape index (κ1) is 19.0. The van der Waals surface area contributed by atoms with E-state index in [-0.39, 0.29) is 17.6 Å². The minimum absolute atomic E-state index is 0.0908. The molecule has 3 rings (SSSR count). The van der Waals surface area contributed by atoms with Crippen molar-refractivity contribution in [3.63, 3.8) is 0 Å². The second kappa shape index (κ2) is 8.26. The van der Waals surface area contributed by atoms with Gasteiger partial charge in [-0.2, -0.15) is 13.9 Å². The van der Waals surface area contributed by atoms with Gasteiger partial charge in [0.25, 0.3) is 0 Å². The number of benzene rings is 2. The molecule has 0 spiro atoms. The third kappa shape index (κ3) is 4.49. The van der Waals surface area contributed by atoms with E-state index >= 15 is 0 Å². The van der Waals surface area contributed by atoms with E-state index in [0.29, 0.717) is 17.8 Å². The van der Waals surface area contributed by atoms with Crippen LogP contribution < -0.4 is 10.1 Å². The van der Waals surface area contributed by atoms with E-state index in [9.17, 15) is 13.2 Å². The molecule has 4 nitrogen and oxygen atoms in total. The van der Waals surface area contributed by atoms with Crippen molar-refractivity contribution in [1.82, 2.24) is 15.1 Å². The van der Waals surface area contributed by atoms with E-state index < -0.39 is 6.61 Å². The molecule has 0 amide bonds. The van der Waals surface area contributed by atoms with Crippen molar-refractivity contribution in [3.05, 3.63) is 77.4 Å². The third-order valence-electron chi connectivity index (χ3n) is 4.35. The fourth-order valence-corrected chi connectivity index (χ4v) is 2.95. The number of nitrogens with one attached hydrogen (secondary N) is 1. The van der Waals surface area contributed by atoms with Crippen LogP contribution in [0.3, 0.4) is 0 Å². The van der Waals surface area contributed by atoms with Gasteiger partial charge in [-0.3, -0.25) is 0 Å². The Labute approximate surface area is 155 Å². The Bertz CT molecular complexity index is 911. The molecule has 0 bridgehead atoms. The molecule has 0 fully saturated rings. The summed E-state index contributed by atoms with van der Waals surface area (Å²) in [5.74, 6) is -0.176. The molecular formula is C20H20F3N3O. The molecule has 142 valence electrons. The maximum absolute atomic E-state index is 13.5. The summed E-state index contributed by atoms with van der Waals surface area (Å²) < 4.78 is 44.8. The number of rotatable bonds is 7. The second-order valence-electron chi connectivity index (χ2n) is 6.17. The van der Waals surface area contributed by atoms with Crippen molar-refractivity contribution < 1.29 is 17.9 Å². The fourth-order valence-electron chi connectivity index (χ4n) is 2.95. The van der Waals surface area contributed by atoms with Gasteiger partial charge >= 0.3 is 6.61 Å². The Morgan fingerprint density at radius 3 is 2.67 bits per heavy atom. The minimum atomic E-state index is -2.87. The quantitative estimate of drug-likeness (QED) is 0.646. The maximum Gasteiger partial charge on any atom is 0.387 e. The van der Waals surface area contributed by atoms with Crippen LogP contribution in [-0.2, 0) is 6.54 Å². The van der Waals surface area contributed by atoms with Crippen molar-refractivity contribution in [2.75, 3.05) is 0 Å². The normalized spacial score (nSPS) is 12.4. The summed E-state index contributed by atoms with van der Waals surface area (Å²) in [5, 5.41) is 7.64. The van der Waals surface area contributed by atoms with Crippen LogP contribution in [0.1, 0.15) is 29.8 Å². The SMILES string of the molecule is Cc1c([C@@H](C)NCc2ccccc2OC(F)F)cnn1-c1cccc(F)c1. The molecule has 27 heavy (non-hydrogen) atoms. The van der Waals surface area contributed by atoms with Crippen LogP contribution >= 0.6 is 0 Å². The molecule has 1 N–H and O–H groups in total. The highest BCUT2D eigenvalue weighted by molar-refractivity contribution is 5.36. The standard InChI is InChI=1S/C20H20F3N3O/c1-13(24-11-15-6-3-4-9-19(15)27-20(22)23)18-12-25-26(14(18)2)17-8-5-7-16(21)10-17/h3-10,12-13,20,24H,11H2,1-2H3/t13-/m1/s1. The summed E-state index contributed by atoms with van der Waals surface area (Å²) in [5.41, 5.74) is 3.09. The number of para-hydroxylation sites is 1. The highest BCUT2D eigenvalue weighted by Gasteiger charge is 2.16. The Kier molecular flexibility index (Phi) is 5.81. The van der Waals surface area contributed by atoms with Crippen LogP contribution in [0.2, 0.25) is 0 Å². The zero-order valence-electron chi connectivity index (χ0n) is 15.0. The molecule has 3 aromatic rings. The smallest absolute Gasteiger partial charge is 0.387 e. The molecular weight excluding hydrogens is 355 g/mol. The lowest BCUT2D eigenvalue weighted by atomic mass is 10.1. The molecule has 0 radical (unpaired) electrons. The number of halogens is 3. The molecule has 0 aliphatic heterocycles. The Morgan fingerprint density at radius 1 is 1.15 bits per heavy atom. The largest absolute Gasteiger partial charge is 0.434 e. The Balaban J connectivity index is 1.74. The number of hydrogen-bond acceptors (Lipinski definition) is 3. The predicted octanol–water partition coefficient (Wildman–Crippen LogP) is 4.77. The van der Waals surface area contributed by atoms with Gasteiger partial charge in [0, 0.05) is 29.4 Å². The average molecular weight is 375 g/mol. The van der Waals surface area contributed by atoms with Gasteiger partial charge in [-0.05, 0) is 38.1 Å². The van der Waals surface area contributed by atoms with Gasteiger partial charge in [0.1, 0.15) is 11.6 Å². The van der Waals surface area contributed by atoms with Crippen LogP contribution in [0, 0.1) is 12.7 Å². The van der Waals surface area contributed by atoms with Gasteiger partial charge < -0.3 is 10.1 Å². The van der Waals surface area contributed by atoms with Crippen LogP contribution in [0.25, 0.3) is 5.69 Å². The molecule has 1 aromatic heterocycles. The molecule has 1 heterocycles. The number of alkyl halides is 2. The summed E-state index contributed by atoms with van der Waals surface area (Å²) in [6, 6.07) is 12.8. The van der Waals surface area contributed by atoms with Gasteiger partial charge in [0.2, 0.25) is 0 Å². The first-order valence-corrected chi connectivity index (χ1v) is 8.52. The molecule has 1 atom stereocenters. The van der Waals surface area contributed by atoms with Crippen molar-refractivity contribution in [3.8, 4) is 11.4 Å². The lowest BCUT2D eigenvalue weighted by Crippen LogP contribution is -2.19. The highest BCUT2D eigenvalue weighted by atomic mass is 19.3. The summed E-state index contributed by atoms with van der Waals surface area (Å²) in [6.07, 6.45) is 1.72. The van der Waals surface area contributed by atoms with E-state index in [1.807, 2.05) is 13.8 Å². The van der Waals surface area contributed by atoms with Gasteiger partial charge in [0.05, 0.1) is 11.9 Å². The van der Waals surface area contributed by atoms with Gasteiger partial charge in [-0.15, -0.1) is 0 Å². The topological polar surface area (TPSA) is 39.1 Å². The monoisotopic (exact) mass is 375 g/mol. The van der Waals surface area contributed by atoms with Crippen molar-refractivity contribution in [2.24, 2.45) is 0 Å². The van der Waals surface area contributed by atoms with Crippen molar-refractivity contribution >= 4 is 0 Å². The van der Waals surface area contributed by atoms with E-state index in [1.54, 1.807) is 41.2 Å².